The summed E-state index contributed by atoms with van der Waals surface area (Å²) in [7, 11) is 0. The van der Waals surface area contributed by atoms with Gasteiger partial charge in [-0.25, -0.2) is 4.79 Å². The molecule has 2 aromatic rings. The second kappa shape index (κ2) is 6.91. The molecule has 0 radical (unpaired) electrons. The third-order valence-electron chi connectivity index (χ3n) is 3.28. The molecular weight excluding hydrogens is 296 g/mol. The van der Waals surface area contributed by atoms with Crippen LogP contribution in [-0.4, -0.2) is 28.7 Å². The maximum Gasteiger partial charge on any atom is 0.355 e. The summed E-state index contributed by atoms with van der Waals surface area (Å²) >= 11 is 0. The van der Waals surface area contributed by atoms with Gasteiger partial charge in [-0.05, 0) is 39.0 Å². The van der Waals surface area contributed by atoms with Crippen LogP contribution in [0.1, 0.15) is 40.3 Å². The molecule has 6 heteroatoms. The van der Waals surface area contributed by atoms with Gasteiger partial charge in [0.2, 0.25) is 0 Å². The van der Waals surface area contributed by atoms with E-state index in [0.717, 1.165) is 5.56 Å². The Kier molecular flexibility index (Phi) is 4.95. The molecule has 1 atom stereocenters. The Morgan fingerprint density at radius 2 is 1.83 bits per heavy atom. The predicted octanol–water partition coefficient (Wildman–Crippen LogP) is 2.71. The summed E-state index contributed by atoms with van der Waals surface area (Å²) in [5.41, 5.74) is 2.22. The molecule has 0 fully saturated rings. The summed E-state index contributed by atoms with van der Waals surface area (Å²) < 4.78 is 5.09. The molecule has 6 nitrogen and oxygen atoms in total. The number of aromatic amines is 1. The van der Waals surface area contributed by atoms with Gasteiger partial charge in [0, 0.05) is 17.4 Å². The zero-order valence-electron chi connectivity index (χ0n) is 13.2. The number of carbonyl (C=O) groups is 3. The molecule has 0 saturated carbocycles. The number of Topliss-reactive ketones (excluding diaryl/α,β-unsaturated/α-hetero) is 1. The molecule has 0 aliphatic heterocycles. The number of amides is 1. The van der Waals surface area contributed by atoms with Gasteiger partial charge in [0.15, 0.2) is 11.9 Å². The molecule has 2 rings (SSSR count). The van der Waals surface area contributed by atoms with E-state index < -0.39 is 18.0 Å². The Labute approximate surface area is 133 Å². The summed E-state index contributed by atoms with van der Waals surface area (Å²) in [6, 6.07) is 8.68. The molecule has 0 aliphatic rings. The number of esters is 1. The topological polar surface area (TPSA) is 88.3 Å². The first kappa shape index (κ1) is 16.5. The van der Waals surface area contributed by atoms with E-state index in [-0.39, 0.29) is 11.5 Å². The number of ketones is 1. The van der Waals surface area contributed by atoms with E-state index in [2.05, 4.69) is 10.3 Å². The summed E-state index contributed by atoms with van der Waals surface area (Å²) in [6.07, 6.45) is 0.462. The van der Waals surface area contributed by atoms with E-state index in [1.165, 1.54) is 26.1 Å². The van der Waals surface area contributed by atoms with Crippen LogP contribution >= 0.6 is 0 Å². The van der Waals surface area contributed by atoms with Gasteiger partial charge >= 0.3 is 5.97 Å². The van der Waals surface area contributed by atoms with Crippen molar-refractivity contribution in [1.29, 1.82) is 0 Å². The van der Waals surface area contributed by atoms with E-state index in [4.69, 9.17) is 4.74 Å². The van der Waals surface area contributed by atoms with Gasteiger partial charge in [-0.1, -0.05) is 17.7 Å². The second-order valence-corrected chi connectivity index (χ2v) is 5.26. The lowest BCUT2D eigenvalue weighted by atomic mass is 10.2. The fraction of sp³-hybridized carbons (Fsp3) is 0.235. The number of rotatable bonds is 5. The molecule has 0 unspecified atom stereocenters. The Morgan fingerprint density at radius 1 is 1.17 bits per heavy atom. The van der Waals surface area contributed by atoms with Crippen LogP contribution < -0.4 is 5.32 Å². The first-order valence-electron chi connectivity index (χ1n) is 7.14. The minimum Gasteiger partial charge on any atom is -0.448 e. The number of ether oxygens (including phenoxy) is 1. The molecule has 1 heterocycles. The molecule has 0 spiro atoms. The van der Waals surface area contributed by atoms with Crippen molar-refractivity contribution in [1.82, 2.24) is 4.98 Å². The highest BCUT2D eigenvalue weighted by molar-refractivity contribution is 5.99. The summed E-state index contributed by atoms with van der Waals surface area (Å²) in [4.78, 5) is 37.8. The molecule has 1 aromatic carbocycles. The van der Waals surface area contributed by atoms with E-state index >= 15 is 0 Å². The van der Waals surface area contributed by atoms with E-state index in [9.17, 15) is 14.4 Å². The van der Waals surface area contributed by atoms with E-state index in [0.29, 0.717) is 11.3 Å². The van der Waals surface area contributed by atoms with Crippen LogP contribution in [0.15, 0.2) is 36.5 Å². The number of hydrogen-bond acceptors (Lipinski definition) is 4. The van der Waals surface area contributed by atoms with Gasteiger partial charge < -0.3 is 15.0 Å². The van der Waals surface area contributed by atoms with Gasteiger partial charge in [-0.15, -0.1) is 0 Å². The Morgan fingerprint density at radius 3 is 2.39 bits per heavy atom. The van der Waals surface area contributed by atoms with E-state index in [1.54, 1.807) is 12.1 Å². The smallest absolute Gasteiger partial charge is 0.355 e. The highest BCUT2D eigenvalue weighted by Crippen LogP contribution is 2.11. The van der Waals surface area contributed by atoms with Crippen molar-refractivity contribution in [2.24, 2.45) is 0 Å². The summed E-state index contributed by atoms with van der Waals surface area (Å²) in [5, 5.41) is 2.67. The average Bonchev–Trinajstić information content (AvgIpc) is 2.99. The molecule has 0 saturated heterocycles. The van der Waals surface area contributed by atoms with Gasteiger partial charge in [0.25, 0.3) is 5.91 Å². The molecule has 1 aromatic heterocycles. The lowest BCUT2D eigenvalue weighted by Crippen LogP contribution is -2.30. The number of nitrogens with one attached hydrogen (secondary N) is 2. The average molecular weight is 314 g/mol. The first-order chi connectivity index (χ1) is 10.9. The monoisotopic (exact) mass is 314 g/mol. The normalized spacial score (nSPS) is 11.6. The highest BCUT2D eigenvalue weighted by Gasteiger charge is 2.20. The highest BCUT2D eigenvalue weighted by atomic mass is 16.5. The first-order valence-corrected chi connectivity index (χ1v) is 7.14. The molecule has 2 N–H and O–H groups in total. The number of benzene rings is 1. The number of carbonyl (C=O) groups excluding carboxylic acids is 3. The van der Waals surface area contributed by atoms with Crippen LogP contribution in [0.25, 0.3) is 0 Å². The van der Waals surface area contributed by atoms with Crippen molar-refractivity contribution in [2.45, 2.75) is 26.9 Å². The molecule has 1 amide bonds. The number of H-pyrrole nitrogens is 1. The number of anilines is 1. The van der Waals surface area contributed by atoms with Crippen LogP contribution in [0, 0.1) is 6.92 Å². The minimum absolute atomic E-state index is 0.130. The Hall–Kier alpha value is -2.89. The molecule has 23 heavy (non-hydrogen) atoms. The van der Waals surface area contributed by atoms with Crippen LogP contribution in [-0.2, 0) is 9.53 Å². The van der Waals surface area contributed by atoms with Gasteiger partial charge in [0.1, 0.15) is 5.69 Å². The van der Waals surface area contributed by atoms with Gasteiger partial charge in [0.05, 0.1) is 0 Å². The van der Waals surface area contributed by atoms with Crippen molar-refractivity contribution >= 4 is 23.3 Å². The number of hydrogen-bond donors (Lipinski definition) is 2. The van der Waals surface area contributed by atoms with Crippen molar-refractivity contribution in [3.63, 3.8) is 0 Å². The fourth-order valence-electron chi connectivity index (χ4n) is 1.87. The standard InChI is InChI=1S/C17H18N2O4/c1-10-4-6-14(7-5-10)19-16(21)12(3)23-17(22)15-8-13(9-18-15)11(2)20/h4-9,12,18H,1-3H3,(H,19,21)/t12-/m1/s1. The fourth-order valence-corrected chi connectivity index (χ4v) is 1.87. The number of aryl methyl sites for hydroxylation is 1. The van der Waals surface area contributed by atoms with Crippen LogP contribution in [0.4, 0.5) is 5.69 Å². The van der Waals surface area contributed by atoms with Crippen molar-refractivity contribution in [3.05, 3.63) is 53.3 Å². The SMILES string of the molecule is CC(=O)c1c[nH]c(C(=O)O[C@H](C)C(=O)Nc2ccc(C)cc2)c1. The third-order valence-corrected chi connectivity index (χ3v) is 3.28. The predicted molar refractivity (Wildman–Crippen MR) is 85.5 cm³/mol. The Bertz CT molecular complexity index is 731. The third kappa shape index (κ3) is 4.29. The van der Waals surface area contributed by atoms with Crippen LogP contribution in [0.2, 0.25) is 0 Å². The van der Waals surface area contributed by atoms with Crippen molar-refractivity contribution in [3.8, 4) is 0 Å². The lowest BCUT2D eigenvalue weighted by molar-refractivity contribution is -0.123. The molecule has 0 aliphatic carbocycles. The lowest BCUT2D eigenvalue weighted by Gasteiger charge is -2.13. The van der Waals surface area contributed by atoms with Gasteiger partial charge in [-0.2, -0.15) is 0 Å². The van der Waals surface area contributed by atoms with Gasteiger partial charge in [-0.3, -0.25) is 9.59 Å². The molecule has 0 bridgehead atoms. The second-order valence-electron chi connectivity index (χ2n) is 5.26. The summed E-state index contributed by atoms with van der Waals surface area (Å²) in [6.45, 7) is 4.83. The minimum atomic E-state index is -0.965. The Balaban J connectivity index is 1.95. The van der Waals surface area contributed by atoms with Crippen LogP contribution in [0.5, 0.6) is 0 Å². The van der Waals surface area contributed by atoms with E-state index in [1.807, 2.05) is 19.1 Å². The maximum atomic E-state index is 12.0. The van der Waals surface area contributed by atoms with Crippen molar-refractivity contribution < 1.29 is 19.1 Å². The van der Waals surface area contributed by atoms with Crippen LogP contribution in [0.3, 0.4) is 0 Å². The zero-order chi connectivity index (χ0) is 17.0. The summed E-state index contributed by atoms with van der Waals surface area (Å²) in [5.74, 6) is -1.28. The largest absolute Gasteiger partial charge is 0.448 e. The van der Waals surface area contributed by atoms with Crippen molar-refractivity contribution in [2.75, 3.05) is 5.32 Å². The quantitative estimate of drug-likeness (QED) is 0.656. The molecular formula is C17H18N2O4. The zero-order valence-corrected chi connectivity index (χ0v) is 13.2. The maximum absolute atomic E-state index is 12.0. The number of aromatic nitrogens is 1. The molecule has 120 valence electrons.